The molecule has 16 heavy (non-hydrogen) atoms. The average Bonchev–Trinajstić information content (AvgIpc) is 2.28. The van der Waals surface area contributed by atoms with Crippen LogP contribution in [0.25, 0.3) is 0 Å². The van der Waals surface area contributed by atoms with Gasteiger partial charge < -0.3 is 10.5 Å². The lowest BCUT2D eigenvalue weighted by atomic mass is 10.2. The number of rotatable bonds is 5. The van der Waals surface area contributed by atoms with E-state index in [2.05, 4.69) is 18.7 Å². The van der Waals surface area contributed by atoms with Gasteiger partial charge in [0.25, 0.3) is 0 Å². The number of nitrogens with two attached hydrogens (primary N) is 1. The summed E-state index contributed by atoms with van der Waals surface area (Å²) in [5, 5.41) is 0.0676. The number of hydrogen-bond acceptors (Lipinski definition) is 4. The van der Waals surface area contributed by atoms with Gasteiger partial charge in [0, 0.05) is 41.7 Å². The van der Waals surface area contributed by atoms with Crippen molar-refractivity contribution in [2.45, 2.75) is 38.2 Å². The second-order valence-corrected chi connectivity index (χ2v) is 6.57. The standard InChI is InChI=1S/C11H24N2O2S/c1-9(2)13-4-5-15-11(7-13)8-16(14)10(3)6-12/h9-11H,4-8,12H2,1-3H3. The minimum Gasteiger partial charge on any atom is -0.375 e. The summed E-state index contributed by atoms with van der Waals surface area (Å²) in [6.45, 7) is 9.39. The Bertz CT molecular complexity index is 236. The van der Waals surface area contributed by atoms with Gasteiger partial charge in [-0.1, -0.05) is 0 Å². The van der Waals surface area contributed by atoms with Crippen molar-refractivity contribution in [1.82, 2.24) is 4.90 Å². The zero-order chi connectivity index (χ0) is 12.1. The molecule has 1 rings (SSSR count). The van der Waals surface area contributed by atoms with Gasteiger partial charge in [-0.25, -0.2) is 0 Å². The summed E-state index contributed by atoms with van der Waals surface area (Å²) in [6, 6.07) is 0.534. The first kappa shape index (κ1) is 14.1. The molecule has 4 nitrogen and oxygen atoms in total. The van der Waals surface area contributed by atoms with E-state index < -0.39 is 10.8 Å². The van der Waals surface area contributed by atoms with Gasteiger partial charge in [0.05, 0.1) is 18.5 Å². The van der Waals surface area contributed by atoms with E-state index in [1.807, 2.05) is 6.92 Å². The Labute approximate surface area is 101 Å². The van der Waals surface area contributed by atoms with Crippen LogP contribution < -0.4 is 5.73 Å². The Morgan fingerprint density at radius 1 is 1.50 bits per heavy atom. The Balaban J connectivity index is 2.40. The van der Waals surface area contributed by atoms with E-state index in [9.17, 15) is 4.21 Å². The maximum absolute atomic E-state index is 11.9. The van der Waals surface area contributed by atoms with Gasteiger partial charge in [0.1, 0.15) is 0 Å². The molecule has 0 bridgehead atoms. The highest BCUT2D eigenvalue weighted by Crippen LogP contribution is 2.10. The topological polar surface area (TPSA) is 55.6 Å². The van der Waals surface area contributed by atoms with Crippen molar-refractivity contribution in [3.63, 3.8) is 0 Å². The van der Waals surface area contributed by atoms with Gasteiger partial charge in [-0.15, -0.1) is 0 Å². The largest absolute Gasteiger partial charge is 0.375 e. The van der Waals surface area contributed by atoms with Crippen LogP contribution in [0.4, 0.5) is 0 Å². The molecule has 2 N–H and O–H groups in total. The fourth-order valence-corrected chi connectivity index (χ4v) is 2.88. The SMILES string of the molecule is CC(C)N1CCOC(CS(=O)C(C)CN)C1. The Kier molecular flexibility index (Phi) is 5.89. The van der Waals surface area contributed by atoms with Crippen LogP contribution in [-0.4, -0.2) is 58.5 Å². The summed E-state index contributed by atoms with van der Waals surface area (Å²) in [5.41, 5.74) is 5.51. The van der Waals surface area contributed by atoms with E-state index in [0.29, 0.717) is 18.3 Å². The Morgan fingerprint density at radius 2 is 2.19 bits per heavy atom. The highest BCUT2D eigenvalue weighted by atomic mass is 32.2. The summed E-state index contributed by atoms with van der Waals surface area (Å²) in [5.74, 6) is 0.613. The molecular formula is C11H24N2O2S. The van der Waals surface area contributed by atoms with Gasteiger partial charge in [-0.2, -0.15) is 0 Å². The highest BCUT2D eigenvalue weighted by Gasteiger charge is 2.24. The molecule has 1 saturated heterocycles. The first-order chi connectivity index (χ1) is 7.54. The van der Waals surface area contributed by atoms with Crippen molar-refractivity contribution in [2.24, 2.45) is 5.73 Å². The molecular weight excluding hydrogens is 224 g/mol. The zero-order valence-electron chi connectivity index (χ0n) is 10.5. The van der Waals surface area contributed by atoms with E-state index in [-0.39, 0.29) is 11.4 Å². The normalized spacial score (nSPS) is 26.9. The molecule has 1 aliphatic rings. The summed E-state index contributed by atoms with van der Waals surface area (Å²) < 4.78 is 17.5. The summed E-state index contributed by atoms with van der Waals surface area (Å²) in [7, 11) is -0.867. The third-order valence-electron chi connectivity index (χ3n) is 3.03. The van der Waals surface area contributed by atoms with Gasteiger partial charge >= 0.3 is 0 Å². The minimum absolute atomic E-state index is 0.0676. The molecule has 0 radical (unpaired) electrons. The predicted octanol–water partition coefficient (Wildman–Crippen LogP) is 0.192. The maximum Gasteiger partial charge on any atom is 0.0817 e. The van der Waals surface area contributed by atoms with Crippen molar-refractivity contribution >= 4 is 10.8 Å². The molecule has 0 aromatic rings. The van der Waals surface area contributed by atoms with Crippen LogP contribution in [0.5, 0.6) is 0 Å². The number of hydrogen-bond donors (Lipinski definition) is 1. The molecule has 1 heterocycles. The quantitative estimate of drug-likeness (QED) is 0.755. The van der Waals surface area contributed by atoms with E-state index in [1.165, 1.54) is 0 Å². The van der Waals surface area contributed by atoms with Crippen LogP contribution in [0, 0.1) is 0 Å². The third-order valence-corrected chi connectivity index (χ3v) is 4.82. The number of ether oxygens (including phenoxy) is 1. The Hall–Kier alpha value is 0.0300. The second kappa shape index (κ2) is 6.69. The molecule has 96 valence electrons. The van der Waals surface area contributed by atoms with Gasteiger partial charge in [-0.3, -0.25) is 9.11 Å². The molecule has 1 fully saturated rings. The van der Waals surface area contributed by atoms with Gasteiger partial charge in [0.2, 0.25) is 0 Å². The third kappa shape index (κ3) is 4.13. The average molecular weight is 248 g/mol. The molecule has 1 aliphatic heterocycles. The number of nitrogens with zero attached hydrogens (tertiary/aromatic N) is 1. The van der Waals surface area contributed by atoms with E-state index in [0.717, 1.165) is 19.7 Å². The summed E-state index contributed by atoms with van der Waals surface area (Å²) >= 11 is 0. The fraction of sp³-hybridized carbons (Fsp3) is 1.00. The molecule has 0 saturated carbocycles. The van der Waals surface area contributed by atoms with Crippen LogP contribution in [0.3, 0.4) is 0 Å². The smallest absolute Gasteiger partial charge is 0.0817 e. The lowest BCUT2D eigenvalue weighted by Gasteiger charge is -2.35. The zero-order valence-corrected chi connectivity index (χ0v) is 11.3. The first-order valence-corrected chi connectivity index (χ1v) is 7.35. The van der Waals surface area contributed by atoms with Crippen LogP contribution in [-0.2, 0) is 15.5 Å². The number of morpholine rings is 1. The predicted molar refractivity (Wildman–Crippen MR) is 68.0 cm³/mol. The molecule has 0 amide bonds. The van der Waals surface area contributed by atoms with E-state index >= 15 is 0 Å². The van der Waals surface area contributed by atoms with Crippen molar-refractivity contribution < 1.29 is 8.95 Å². The highest BCUT2D eigenvalue weighted by molar-refractivity contribution is 7.85. The van der Waals surface area contributed by atoms with Crippen molar-refractivity contribution in [3.8, 4) is 0 Å². The fourth-order valence-electron chi connectivity index (χ4n) is 1.77. The van der Waals surface area contributed by atoms with Crippen LogP contribution in [0.1, 0.15) is 20.8 Å². The maximum atomic E-state index is 11.9. The molecule has 0 aromatic carbocycles. The molecule has 3 atom stereocenters. The summed E-state index contributed by atoms with van der Waals surface area (Å²) in [4.78, 5) is 2.37. The van der Waals surface area contributed by atoms with Gasteiger partial charge in [0.15, 0.2) is 0 Å². The molecule has 5 heteroatoms. The van der Waals surface area contributed by atoms with E-state index in [4.69, 9.17) is 10.5 Å². The molecule has 3 unspecified atom stereocenters. The summed E-state index contributed by atoms with van der Waals surface area (Å²) in [6.07, 6.45) is 0.103. The van der Waals surface area contributed by atoms with Crippen LogP contribution >= 0.6 is 0 Å². The first-order valence-electron chi connectivity index (χ1n) is 5.97. The lowest BCUT2D eigenvalue weighted by Crippen LogP contribution is -2.48. The van der Waals surface area contributed by atoms with E-state index in [1.54, 1.807) is 0 Å². The molecule has 0 aliphatic carbocycles. The van der Waals surface area contributed by atoms with Gasteiger partial charge in [-0.05, 0) is 20.8 Å². The monoisotopic (exact) mass is 248 g/mol. The van der Waals surface area contributed by atoms with Crippen LogP contribution in [0.2, 0.25) is 0 Å². The lowest BCUT2D eigenvalue weighted by molar-refractivity contribution is -0.0269. The molecule has 0 spiro atoms. The molecule has 0 aromatic heterocycles. The Morgan fingerprint density at radius 3 is 2.75 bits per heavy atom. The second-order valence-electron chi connectivity index (χ2n) is 4.68. The van der Waals surface area contributed by atoms with Crippen molar-refractivity contribution in [2.75, 3.05) is 32.0 Å². The minimum atomic E-state index is -0.867. The van der Waals surface area contributed by atoms with Crippen LogP contribution in [0.15, 0.2) is 0 Å². The van der Waals surface area contributed by atoms with Crippen molar-refractivity contribution in [1.29, 1.82) is 0 Å². The van der Waals surface area contributed by atoms with Crippen molar-refractivity contribution in [3.05, 3.63) is 0 Å².